The van der Waals surface area contributed by atoms with Gasteiger partial charge < -0.3 is 24.6 Å². The van der Waals surface area contributed by atoms with Crippen LogP contribution in [0.2, 0.25) is 0 Å². The Morgan fingerprint density at radius 1 is 1.00 bits per heavy atom. The van der Waals surface area contributed by atoms with Gasteiger partial charge in [-0.3, -0.25) is 0 Å². The standard InChI is InChI=1S/C19H25N7O2S/c1-24-8-10-25(11-9-24)18-22-23-19(29-18)26-15(6-7-21-26)13-20-14-4-5-16(27-2)17(12-14)28-3/h4-7,12,20H,8-11,13H2,1-3H3. The zero-order valence-corrected chi connectivity index (χ0v) is 17.6. The monoisotopic (exact) mass is 415 g/mol. The molecule has 0 spiro atoms. The molecule has 2 aromatic heterocycles. The molecule has 0 radical (unpaired) electrons. The molecule has 0 aliphatic carbocycles. The summed E-state index contributed by atoms with van der Waals surface area (Å²) >= 11 is 1.57. The topological polar surface area (TPSA) is 80.6 Å². The number of anilines is 2. The lowest BCUT2D eigenvalue weighted by Crippen LogP contribution is -2.44. The van der Waals surface area contributed by atoms with Crippen molar-refractivity contribution in [2.45, 2.75) is 6.54 Å². The zero-order chi connectivity index (χ0) is 20.2. The highest BCUT2D eigenvalue weighted by atomic mass is 32.1. The van der Waals surface area contributed by atoms with Gasteiger partial charge in [0.1, 0.15) is 0 Å². The van der Waals surface area contributed by atoms with Crippen molar-refractivity contribution in [3.63, 3.8) is 0 Å². The molecule has 9 nitrogen and oxygen atoms in total. The fraction of sp³-hybridized carbons (Fsp3) is 0.421. The van der Waals surface area contributed by atoms with Crippen LogP contribution in [0.15, 0.2) is 30.5 Å². The summed E-state index contributed by atoms with van der Waals surface area (Å²) in [6.07, 6.45) is 1.78. The highest BCUT2D eigenvalue weighted by molar-refractivity contribution is 7.17. The Hall–Kier alpha value is -2.85. The number of ether oxygens (including phenoxy) is 2. The molecule has 1 aliphatic rings. The van der Waals surface area contributed by atoms with Crippen LogP contribution in [0.5, 0.6) is 11.5 Å². The number of likely N-dealkylation sites (N-methyl/N-ethyl adjacent to an activating group) is 1. The van der Waals surface area contributed by atoms with Gasteiger partial charge >= 0.3 is 0 Å². The van der Waals surface area contributed by atoms with Gasteiger partial charge in [0, 0.05) is 44.1 Å². The summed E-state index contributed by atoms with van der Waals surface area (Å²) in [6, 6.07) is 7.73. The number of hydrogen-bond donors (Lipinski definition) is 1. The van der Waals surface area contributed by atoms with E-state index in [-0.39, 0.29) is 0 Å². The fourth-order valence-electron chi connectivity index (χ4n) is 3.19. The first kappa shape index (κ1) is 19.5. The molecule has 154 valence electrons. The molecule has 1 fully saturated rings. The SMILES string of the molecule is COc1ccc(NCc2ccnn2-c2nnc(N3CCN(C)CC3)s2)cc1OC. The third kappa shape index (κ3) is 4.28. The summed E-state index contributed by atoms with van der Waals surface area (Å²) in [7, 11) is 5.40. The van der Waals surface area contributed by atoms with E-state index in [2.05, 4.69) is 37.5 Å². The Bertz CT molecular complexity index is 950. The van der Waals surface area contributed by atoms with Gasteiger partial charge in [0.2, 0.25) is 10.3 Å². The van der Waals surface area contributed by atoms with Crippen LogP contribution < -0.4 is 19.7 Å². The molecule has 3 heterocycles. The van der Waals surface area contributed by atoms with Crippen molar-refractivity contribution in [2.24, 2.45) is 0 Å². The molecule has 0 unspecified atom stereocenters. The molecule has 10 heteroatoms. The first-order valence-corrected chi connectivity index (χ1v) is 10.3. The van der Waals surface area contributed by atoms with Gasteiger partial charge in [-0.1, -0.05) is 11.3 Å². The fourth-order valence-corrected chi connectivity index (χ4v) is 4.08. The highest BCUT2D eigenvalue weighted by Gasteiger charge is 2.19. The van der Waals surface area contributed by atoms with Gasteiger partial charge in [0.05, 0.1) is 26.5 Å². The summed E-state index contributed by atoms with van der Waals surface area (Å²) in [6.45, 7) is 4.61. The summed E-state index contributed by atoms with van der Waals surface area (Å²) < 4.78 is 12.5. The molecule has 4 rings (SSSR count). The Morgan fingerprint density at radius 2 is 1.76 bits per heavy atom. The molecule has 0 saturated carbocycles. The van der Waals surface area contributed by atoms with Gasteiger partial charge in [-0.2, -0.15) is 5.10 Å². The van der Waals surface area contributed by atoms with Gasteiger partial charge in [-0.25, -0.2) is 4.68 Å². The molecule has 0 atom stereocenters. The maximum atomic E-state index is 5.37. The minimum atomic E-state index is 0.596. The van der Waals surface area contributed by atoms with Crippen LogP contribution in [0.3, 0.4) is 0 Å². The van der Waals surface area contributed by atoms with Crippen molar-refractivity contribution in [2.75, 3.05) is 57.7 Å². The number of rotatable bonds is 7. The number of piperazine rings is 1. The predicted molar refractivity (Wildman–Crippen MR) is 114 cm³/mol. The maximum Gasteiger partial charge on any atom is 0.234 e. The number of nitrogens with one attached hydrogen (secondary N) is 1. The van der Waals surface area contributed by atoms with E-state index >= 15 is 0 Å². The van der Waals surface area contributed by atoms with Gasteiger partial charge in [-0.15, -0.1) is 10.2 Å². The van der Waals surface area contributed by atoms with Crippen LogP contribution in [-0.4, -0.2) is 72.3 Å². The van der Waals surface area contributed by atoms with Crippen molar-refractivity contribution in [3.8, 4) is 16.6 Å². The van der Waals surface area contributed by atoms with Crippen molar-refractivity contribution in [1.82, 2.24) is 24.9 Å². The summed E-state index contributed by atoms with van der Waals surface area (Å²) in [4.78, 5) is 4.61. The van der Waals surface area contributed by atoms with E-state index in [4.69, 9.17) is 9.47 Å². The first-order chi connectivity index (χ1) is 14.2. The zero-order valence-electron chi connectivity index (χ0n) is 16.8. The smallest absolute Gasteiger partial charge is 0.234 e. The van der Waals surface area contributed by atoms with Crippen LogP contribution in [0.4, 0.5) is 10.8 Å². The highest BCUT2D eigenvalue weighted by Crippen LogP contribution is 2.30. The Kier molecular flexibility index (Phi) is 5.81. The van der Waals surface area contributed by atoms with Gasteiger partial charge in [0.15, 0.2) is 11.5 Å². The number of methoxy groups -OCH3 is 2. The molecule has 1 N–H and O–H groups in total. The van der Waals surface area contributed by atoms with Crippen molar-refractivity contribution >= 4 is 22.2 Å². The second kappa shape index (κ2) is 8.66. The van der Waals surface area contributed by atoms with E-state index in [1.165, 1.54) is 0 Å². The summed E-state index contributed by atoms with van der Waals surface area (Å²) in [5.74, 6) is 1.39. The number of benzene rings is 1. The van der Waals surface area contributed by atoms with Crippen LogP contribution in [0.1, 0.15) is 5.69 Å². The normalized spacial score (nSPS) is 14.8. The molecule has 1 aliphatic heterocycles. The molecule has 3 aromatic rings. The van der Waals surface area contributed by atoms with E-state index in [1.54, 1.807) is 31.8 Å². The lowest BCUT2D eigenvalue weighted by Gasteiger charge is -2.31. The summed E-state index contributed by atoms with van der Waals surface area (Å²) in [5.41, 5.74) is 1.94. The van der Waals surface area contributed by atoms with E-state index < -0.39 is 0 Å². The molecular weight excluding hydrogens is 390 g/mol. The average Bonchev–Trinajstić information content (AvgIpc) is 3.42. The number of aromatic nitrogens is 4. The lowest BCUT2D eigenvalue weighted by atomic mass is 10.2. The Labute approximate surface area is 173 Å². The predicted octanol–water partition coefficient (Wildman–Crippen LogP) is 2.10. The minimum Gasteiger partial charge on any atom is -0.493 e. The second-order valence-corrected chi connectivity index (χ2v) is 7.75. The maximum absolute atomic E-state index is 5.37. The number of hydrogen-bond acceptors (Lipinski definition) is 9. The summed E-state index contributed by atoms with van der Waals surface area (Å²) in [5, 5.41) is 18.3. The minimum absolute atomic E-state index is 0.596. The number of nitrogens with zero attached hydrogens (tertiary/aromatic N) is 6. The molecule has 1 aromatic carbocycles. The lowest BCUT2D eigenvalue weighted by molar-refractivity contribution is 0.312. The molecule has 0 bridgehead atoms. The Morgan fingerprint density at radius 3 is 2.52 bits per heavy atom. The second-order valence-electron chi connectivity index (χ2n) is 6.82. The van der Waals surface area contributed by atoms with Crippen molar-refractivity contribution < 1.29 is 9.47 Å². The van der Waals surface area contributed by atoms with E-state index in [0.717, 1.165) is 47.8 Å². The average molecular weight is 416 g/mol. The van der Waals surface area contributed by atoms with Crippen LogP contribution in [0, 0.1) is 0 Å². The molecule has 1 saturated heterocycles. The molecule has 29 heavy (non-hydrogen) atoms. The molecular formula is C19H25N7O2S. The van der Waals surface area contributed by atoms with E-state index in [1.807, 2.05) is 28.9 Å². The first-order valence-electron chi connectivity index (χ1n) is 9.44. The van der Waals surface area contributed by atoms with Crippen LogP contribution in [-0.2, 0) is 6.54 Å². The van der Waals surface area contributed by atoms with Crippen molar-refractivity contribution in [1.29, 1.82) is 0 Å². The van der Waals surface area contributed by atoms with Crippen LogP contribution >= 0.6 is 11.3 Å². The van der Waals surface area contributed by atoms with E-state index in [0.29, 0.717) is 18.0 Å². The van der Waals surface area contributed by atoms with Crippen LogP contribution in [0.25, 0.3) is 5.13 Å². The van der Waals surface area contributed by atoms with E-state index in [9.17, 15) is 0 Å². The third-order valence-electron chi connectivity index (χ3n) is 4.94. The Balaban J connectivity index is 1.45. The van der Waals surface area contributed by atoms with Gasteiger partial charge in [0.25, 0.3) is 0 Å². The third-order valence-corrected chi connectivity index (χ3v) is 5.90. The van der Waals surface area contributed by atoms with Crippen molar-refractivity contribution in [3.05, 3.63) is 36.2 Å². The quantitative estimate of drug-likeness (QED) is 0.628. The molecule has 0 amide bonds. The largest absolute Gasteiger partial charge is 0.493 e. The van der Waals surface area contributed by atoms with Gasteiger partial charge in [-0.05, 0) is 25.2 Å².